The molecular weight excluding hydrogens is 352 g/mol. The summed E-state index contributed by atoms with van der Waals surface area (Å²) in [6.07, 6.45) is 2.36. The quantitative estimate of drug-likeness (QED) is 0.837. The van der Waals surface area contributed by atoms with Crippen LogP contribution >= 0.6 is 0 Å². The number of hydrogen-bond donors (Lipinski definition) is 1. The number of aliphatic hydroxyl groups excluding tert-OH is 1. The summed E-state index contributed by atoms with van der Waals surface area (Å²) >= 11 is 0. The molecule has 5 rings (SSSR count). The van der Waals surface area contributed by atoms with Crippen molar-refractivity contribution in [3.05, 3.63) is 65.7 Å². The summed E-state index contributed by atoms with van der Waals surface area (Å²) in [5.41, 5.74) is 2.04. The molecule has 3 aliphatic heterocycles. The highest BCUT2D eigenvalue weighted by molar-refractivity contribution is 5.94. The topological polar surface area (TPSA) is 53.0 Å². The van der Waals surface area contributed by atoms with Crippen molar-refractivity contribution in [2.24, 2.45) is 5.92 Å². The third-order valence-corrected chi connectivity index (χ3v) is 5.80. The average molecular weight is 380 g/mol. The number of ether oxygens (including phenoxy) is 1. The highest BCUT2D eigenvalue weighted by Crippen LogP contribution is 2.30. The summed E-state index contributed by atoms with van der Waals surface area (Å²) in [5.74, 6) is 1.48. The van der Waals surface area contributed by atoms with Crippen molar-refractivity contribution in [3.63, 3.8) is 0 Å². The van der Waals surface area contributed by atoms with Gasteiger partial charge in [0.2, 0.25) is 0 Å². The Kier molecular flexibility index (Phi) is 5.93. The normalized spacial score (nSPS) is 22.1. The zero-order valence-corrected chi connectivity index (χ0v) is 16.2. The van der Waals surface area contributed by atoms with Gasteiger partial charge in [-0.2, -0.15) is 0 Å². The maximum atomic E-state index is 12.9. The first-order valence-corrected chi connectivity index (χ1v) is 10.1. The number of nitrogens with zero attached hydrogens (tertiary/aromatic N) is 2. The molecule has 5 heteroatoms. The molecule has 1 N–H and O–H groups in total. The maximum Gasteiger partial charge on any atom is 0.253 e. The minimum atomic E-state index is 0.0246. The third kappa shape index (κ3) is 4.37. The van der Waals surface area contributed by atoms with Crippen LogP contribution in [-0.4, -0.2) is 59.7 Å². The summed E-state index contributed by atoms with van der Waals surface area (Å²) in [5, 5.41) is 8.86. The summed E-state index contributed by atoms with van der Waals surface area (Å²) in [4.78, 5) is 17.5. The summed E-state index contributed by atoms with van der Waals surface area (Å²) < 4.78 is 5.44. The number of rotatable bonds is 6. The predicted octanol–water partition coefficient (Wildman–Crippen LogP) is 2.79. The zero-order valence-electron chi connectivity index (χ0n) is 16.2. The molecule has 0 unspecified atom stereocenters. The van der Waals surface area contributed by atoms with E-state index in [1.807, 2.05) is 42.5 Å². The lowest BCUT2D eigenvalue weighted by atomic mass is 9.94. The second-order valence-electron chi connectivity index (χ2n) is 7.82. The molecule has 5 nitrogen and oxygen atoms in total. The molecule has 2 aromatic carbocycles. The SMILES string of the molecule is O=C(c1ccccc1)N1C[C@@H]2CC[C@H](C1)N(Cc1ccc(OCCO)cc1)C2. The van der Waals surface area contributed by atoms with Crippen molar-refractivity contribution < 1.29 is 14.6 Å². The molecule has 0 aromatic heterocycles. The van der Waals surface area contributed by atoms with Gasteiger partial charge < -0.3 is 14.7 Å². The van der Waals surface area contributed by atoms with Gasteiger partial charge in [0.1, 0.15) is 12.4 Å². The molecule has 0 spiro atoms. The fourth-order valence-corrected chi connectivity index (χ4v) is 4.39. The molecule has 3 fully saturated rings. The predicted molar refractivity (Wildman–Crippen MR) is 108 cm³/mol. The minimum absolute atomic E-state index is 0.0246. The Morgan fingerprint density at radius 1 is 1.00 bits per heavy atom. The Hall–Kier alpha value is -2.37. The second kappa shape index (κ2) is 8.76. The van der Waals surface area contributed by atoms with E-state index < -0.39 is 0 Å². The molecule has 3 aliphatic rings. The van der Waals surface area contributed by atoms with Crippen LogP contribution in [0.25, 0.3) is 0 Å². The molecule has 1 amide bonds. The molecular formula is C23H28N2O3. The number of piperidine rings is 1. The third-order valence-electron chi connectivity index (χ3n) is 5.80. The van der Waals surface area contributed by atoms with Gasteiger partial charge in [0.25, 0.3) is 5.91 Å². The van der Waals surface area contributed by atoms with Gasteiger partial charge in [-0.3, -0.25) is 9.69 Å². The van der Waals surface area contributed by atoms with Crippen LogP contribution in [0.1, 0.15) is 28.8 Å². The number of carbonyl (C=O) groups excluding carboxylic acids is 1. The van der Waals surface area contributed by atoms with Crippen molar-refractivity contribution in [2.75, 3.05) is 32.8 Å². The van der Waals surface area contributed by atoms with Crippen LogP contribution in [-0.2, 0) is 6.54 Å². The van der Waals surface area contributed by atoms with Crippen LogP contribution in [0.5, 0.6) is 5.75 Å². The second-order valence-corrected chi connectivity index (χ2v) is 7.82. The smallest absolute Gasteiger partial charge is 0.253 e. The molecule has 3 heterocycles. The number of fused-ring (bicyclic) bond motifs is 4. The van der Waals surface area contributed by atoms with E-state index in [2.05, 4.69) is 21.9 Å². The highest BCUT2D eigenvalue weighted by atomic mass is 16.5. The molecule has 0 aliphatic carbocycles. The number of carbonyl (C=O) groups is 1. The molecule has 2 bridgehead atoms. The van der Waals surface area contributed by atoms with Crippen molar-refractivity contribution in [2.45, 2.75) is 25.4 Å². The highest BCUT2D eigenvalue weighted by Gasteiger charge is 2.36. The van der Waals surface area contributed by atoms with E-state index in [9.17, 15) is 4.79 Å². The average Bonchev–Trinajstić information content (AvgIpc) is 3.05. The first kappa shape index (κ1) is 19.0. The summed E-state index contributed by atoms with van der Waals surface area (Å²) in [7, 11) is 0. The van der Waals surface area contributed by atoms with Crippen molar-refractivity contribution >= 4 is 5.91 Å². The van der Waals surface area contributed by atoms with Crippen LogP contribution in [0.3, 0.4) is 0 Å². The van der Waals surface area contributed by atoms with Crippen LogP contribution in [0.4, 0.5) is 0 Å². The molecule has 3 saturated heterocycles. The Morgan fingerprint density at radius 3 is 2.54 bits per heavy atom. The van der Waals surface area contributed by atoms with Gasteiger partial charge in [0.15, 0.2) is 0 Å². The molecule has 2 atom stereocenters. The van der Waals surface area contributed by atoms with E-state index in [1.54, 1.807) is 0 Å². The van der Waals surface area contributed by atoms with Gasteiger partial charge in [-0.25, -0.2) is 0 Å². The maximum absolute atomic E-state index is 12.9. The Morgan fingerprint density at radius 2 is 1.79 bits per heavy atom. The van der Waals surface area contributed by atoms with Gasteiger partial charge >= 0.3 is 0 Å². The number of hydrogen-bond acceptors (Lipinski definition) is 4. The summed E-state index contributed by atoms with van der Waals surface area (Å²) in [6.45, 7) is 3.95. The van der Waals surface area contributed by atoms with E-state index in [1.165, 1.54) is 12.0 Å². The minimum Gasteiger partial charge on any atom is -0.491 e. The molecule has 148 valence electrons. The first-order chi connectivity index (χ1) is 13.7. The molecule has 28 heavy (non-hydrogen) atoms. The van der Waals surface area contributed by atoms with E-state index >= 15 is 0 Å². The van der Waals surface area contributed by atoms with Gasteiger partial charge in [0, 0.05) is 37.8 Å². The fraction of sp³-hybridized carbons (Fsp3) is 0.435. The molecule has 0 radical (unpaired) electrons. The lowest BCUT2D eigenvalue weighted by Crippen LogP contribution is -2.43. The lowest BCUT2D eigenvalue weighted by Gasteiger charge is -2.36. The number of aliphatic hydroxyl groups is 1. The Bertz CT molecular complexity index is 778. The first-order valence-electron chi connectivity index (χ1n) is 10.1. The van der Waals surface area contributed by atoms with Crippen LogP contribution < -0.4 is 4.74 Å². The van der Waals surface area contributed by atoms with Crippen molar-refractivity contribution in [3.8, 4) is 5.75 Å². The van der Waals surface area contributed by atoms with Gasteiger partial charge in [-0.15, -0.1) is 0 Å². The summed E-state index contributed by atoms with van der Waals surface area (Å²) in [6, 6.07) is 18.2. The van der Waals surface area contributed by atoms with E-state index in [0.717, 1.165) is 43.9 Å². The van der Waals surface area contributed by atoms with Crippen molar-refractivity contribution in [1.29, 1.82) is 0 Å². The Balaban J connectivity index is 1.41. The largest absolute Gasteiger partial charge is 0.491 e. The van der Waals surface area contributed by atoms with Gasteiger partial charge in [-0.1, -0.05) is 30.3 Å². The van der Waals surface area contributed by atoms with Crippen LogP contribution in [0.15, 0.2) is 54.6 Å². The standard InChI is InChI=1S/C23H28N2O3/c26-12-13-28-22-10-7-18(8-11-22)14-24-15-19-6-9-21(24)17-25(16-19)23(27)20-4-2-1-3-5-20/h1-5,7-8,10-11,19,21,26H,6,9,12-17H2/t19-,21-/m1/s1. The molecule has 2 aromatic rings. The van der Waals surface area contributed by atoms with Crippen LogP contribution in [0.2, 0.25) is 0 Å². The Labute approximate surface area is 166 Å². The van der Waals surface area contributed by atoms with Gasteiger partial charge in [0.05, 0.1) is 6.61 Å². The number of benzene rings is 2. The van der Waals surface area contributed by atoms with E-state index in [-0.39, 0.29) is 12.5 Å². The zero-order chi connectivity index (χ0) is 19.3. The van der Waals surface area contributed by atoms with Gasteiger partial charge in [-0.05, 0) is 48.6 Å². The van der Waals surface area contributed by atoms with E-state index in [4.69, 9.17) is 9.84 Å². The monoisotopic (exact) mass is 380 g/mol. The van der Waals surface area contributed by atoms with Crippen LogP contribution in [0, 0.1) is 5.92 Å². The van der Waals surface area contributed by atoms with E-state index in [0.29, 0.717) is 18.6 Å². The van der Waals surface area contributed by atoms with Crippen molar-refractivity contribution in [1.82, 2.24) is 9.80 Å². The lowest BCUT2D eigenvalue weighted by molar-refractivity contribution is 0.0736. The molecule has 0 saturated carbocycles. The fourth-order valence-electron chi connectivity index (χ4n) is 4.39. The number of amides is 1.